The first-order valence-corrected chi connectivity index (χ1v) is 6.72. The molecule has 0 aliphatic carbocycles. The number of carbonyl (C=O) groups excluding carboxylic acids is 2. The van der Waals surface area contributed by atoms with E-state index in [9.17, 15) is 9.59 Å². The monoisotopic (exact) mass is 275 g/mol. The fourth-order valence-electron chi connectivity index (χ4n) is 1.54. The van der Waals surface area contributed by atoms with E-state index in [1.165, 1.54) is 6.08 Å². The molecule has 0 saturated heterocycles. The minimum absolute atomic E-state index is 0.0871. The van der Waals surface area contributed by atoms with E-state index >= 15 is 0 Å². The van der Waals surface area contributed by atoms with Crippen LogP contribution in [0.5, 0.6) is 0 Å². The van der Waals surface area contributed by atoms with Crippen LogP contribution in [-0.2, 0) is 14.3 Å². The molecule has 0 heterocycles. The third-order valence-corrected chi connectivity index (χ3v) is 2.82. The summed E-state index contributed by atoms with van der Waals surface area (Å²) >= 11 is 0. The van der Waals surface area contributed by atoms with Gasteiger partial charge in [0, 0.05) is 12.1 Å². The van der Waals surface area contributed by atoms with E-state index in [-0.39, 0.29) is 18.6 Å². The number of rotatable bonds is 6. The van der Waals surface area contributed by atoms with E-state index in [0.29, 0.717) is 0 Å². The lowest BCUT2D eigenvalue weighted by molar-refractivity contribution is -0.144. The van der Waals surface area contributed by atoms with Crippen molar-refractivity contribution < 1.29 is 14.3 Å². The molecule has 0 saturated carbocycles. The highest BCUT2D eigenvalue weighted by molar-refractivity contribution is 5.89. The average Bonchev–Trinajstić information content (AvgIpc) is 2.42. The number of amides is 1. The first-order valence-electron chi connectivity index (χ1n) is 6.72. The SMILES string of the molecule is CC[C@@H](C)NC(=O)COC(=O)/C=C/c1cccc(C)c1. The second-order valence-corrected chi connectivity index (χ2v) is 4.73. The van der Waals surface area contributed by atoms with Gasteiger partial charge in [0.2, 0.25) is 0 Å². The Bertz CT molecular complexity index is 494. The van der Waals surface area contributed by atoms with Crippen LogP contribution < -0.4 is 5.32 Å². The number of hydrogen-bond acceptors (Lipinski definition) is 3. The van der Waals surface area contributed by atoms with E-state index in [1.807, 2.05) is 45.0 Å². The summed E-state index contributed by atoms with van der Waals surface area (Å²) < 4.78 is 4.86. The molecule has 1 rings (SSSR count). The summed E-state index contributed by atoms with van der Waals surface area (Å²) in [6, 6.07) is 7.84. The number of aryl methyl sites for hydroxylation is 1. The molecule has 0 radical (unpaired) electrons. The highest BCUT2D eigenvalue weighted by atomic mass is 16.5. The summed E-state index contributed by atoms with van der Waals surface area (Å²) in [5.41, 5.74) is 2.04. The molecule has 0 unspecified atom stereocenters. The van der Waals surface area contributed by atoms with Crippen molar-refractivity contribution in [2.45, 2.75) is 33.2 Å². The van der Waals surface area contributed by atoms with Gasteiger partial charge in [-0.2, -0.15) is 0 Å². The van der Waals surface area contributed by atoms with Crippen LogP contribution >= 0.6 is 0 Å². The predicted molar refractivity (Wildman–Crippen MR) is 79.1 cm³/mol. The molecule has 1 amide bonds. The summed E-state index contributed by atoms with van der Waals surface area (Å²) in [7, 11) is 0. The maximum absolute atomic E-state index is 11.5. The first-order chi connectivity index (χ1) is 9.51. The molecule has 20 heavy (non-hydrogen) atoms. The van der Waals surface area contributed by atoms with Gasteiger partial charge in [0.1, 0.15) is 0 Å². The van der Waals surface area contributed by atoms with Crippen LogP contribution in [-0.4, -0.2) is 24.5 Å². The Morgan fingerprint density at radius 3 is 2.80 bits per heavy atom. The fourth-order valence-corrected chi connectivity index (χ4v) is 1.54. The first kappa shape index (κ1) is 16.0. The van der Waals surface area contributed by atoms with Gasteiger partial charge in [-0.05, 0) is 31.9 Å². The van der Waals surface area contributed by atoms with Gasteiger partial charge in [-0.15, -0.1) is 0 Å². The Balaban J connectivity index is 2.38. The largest absolute Gasteiger partial charge is 0.452 e. The van der Waals surface area contributed by atoms with Crippen molar-refractivity contribution in [2.75, 3.05) is 6.61 Å². The molecule has 0 aliphatic heterocycles. The minimum Gasteiger partial charge on any atom is -0.452 e. The smallest absolute Gasteiger partial charge is 0.331 e. The van der Waals surface area contributed by atoms with Crippen LogP contribution in [0.15, 0.2) is 30.3 Å². The molecular weight excluding hydrogens is 254 g/mol. The summed E-state index contributed by atoms with van der Waals surface area (Å²) in [5, 5.41) is 2.73. The molecule has 4 nitrogen and oxygen atoms in total. The van der Waals surface area contributed by atoms with Crippen LogP contribution in [0.25, 0.3) is 6.08 Å². The molecule has 0 aliphatic rings. The van der Waals surface area contributed by atoms with Crippen molar-refractivity contribution in [3.63, 3.8) is 0 Å². The van der Waals surface area contributed by atoms with Crippen molar-refractivity contribution in [2.24, 2.45) is 0 Å². The van der Waals surface area contributed by atoms with Gasteiger partial charge in [0.05, 0.1) is 0 Å². The van der Waals surface area contributed by atoms with Gasteiger partial charge < -0.3 is 10.1 Å². The average molecular weight is 275 g/mol. The Hall–Kier alpha value is -2.10. The van der Waals surface area contributed by atoms with Gasteiger partial charge in [0.15, 0.2) is 6.61 Å². The summed E-state index contributed by atoms with van der Waals surface area (Å²) in [4.78, 5) is 22.9. The summed E-state index contributed by atoms with van der Waals surface area (Å²) in [6.07, 6.45) is 3.83. The van der Waals surface area contributed by atoms with Gasteiger partial charge in [-0.1, -0.05) is 36.8 Å². The fraction of sp³-hybridized carbons (Fsp3) is 0.375. The molecular formula is C16H21NO3. The number of benzene rings is 1. The maximum Gasteiger partial charge on any atom is 0.331 e. The number of ether oxygens (including phenoxy) is 1. The van der Waals surface area contributed by atoms with E-state index in [4.69, 9.17) is 4.74 Å². The second-order valence-electron chi connectivity index (χ2n) is 4.73. The van der Waals surface area contributed by atoms with Crippen LogP contribution in [0.3, 0.4) is 0 Å². The van der Waals surface area contributed by atoms with Crippen molar-refractivity contribution in [1.82, 2.24) is 5.32 Å². The Morgan fingerprint density at radius 2 is 2.15 bits per heavy atom. The van der Waals surface area contributed by atoms with Crippen LogP contribution in [0, 0.1) is 6.92 Å². The van der Waals surface area contributed by atoms with Crippen LogP contribution in [0.1, 0.15) is 31.4 Å². The molecule has 1 atom stereocenters. The normalized spacial score (nSPS) is 12.2. The molecule has 1 aromatic carbocycles. The van der Waals surface area contributed by atoms with Crippen molar-refractivity contribution >= 4 is 18.0 Å². The Labute approximate surface area is 119 Å². The second kappa shape index (κ2) is 8.15. The van der Waals surface area contributed by atoms with Crippen molar-refractivity contribution in [3.8, 4) is 0 Å². The van der Waals surface area contributed by atoms with E-state index in [1.54, 1.807) is 6.08 Å². The number of nitrogens with one attached hydrogen (secondary N) is 1. The Kier molecular flexibility index (Phi) is 6.50. The standard InChI is InChI=1S/C16H21NO3/c1-4-13(3)17-15(18)11-20-16(19)9-8-14-7-5-6-12(2)10-14/h5-10,13H,4,11H2,1-3H3,(H,17,18)/b9-8+/t13-/m1/s1. The van der Waals surface area contributed by atoms with E-state index in [2.05, 4.69) is 5.32 Å². The van der Waals surface area contributed by atoms with Crippen LogP contribution in [0.2, 0.25) is 0 Å². The quantitative estimate of drug-likeness (QED) is 0.641. The maximum atomic E-state index is 11.5. The van der Waals surface area contributed by atoms with Gasteiger partial charge in [-0.25, -0.2) is 4.79 Å². The van der Waals surface area contributed by atoms with Gasteiger partial charge in [0.25, 0.3) is 5.91 Å². The minimum atomic E-state index is -0.522. The summed E-state index contributed by atoms with van der Waals surface area (Å²) in [6.45, 7) is 5.61. The highest BCUT2D eigenvalue weighted by Gasteiger charge is 2.07. The Morgan fingerprint density at radius 1 is 1.40 bits per heavy atom. The number of hydrogen-bond donors (Lipinski definition) is 1. The van der Waals surface area contributed by atoms with Gasteiger partial charge >= 0.3 is 5.97 Å². The number of esters is 1. The highest BCUT2D eigenvalue weighted by Crippen LogP contribution is 2.05. The van der Waals surface area contributed by atoms with Crippen molar-refractivity contribution in [3.05, 3.63) is 41.5 Å². The molecule has 108 valence electrons. The zero-order chi connectivity index (χ0) is 15.0. The third kappa shape index (κ3) is 6.18. The molecule has 0 bridgehead atoms. The predicted octanol–water partition coefficient (Wildman–Crippen LogP) is 2.47. The molecule has 0 spiro atoms. The number of carbonyl (C=O) groups is 2. The molecule has 0 fully saturated rings. The van der Waals surface area contributed by atoms with Crippen molar-refractivity contribution in [1.29, 1.82) is 0 Å². The van der Waals surface area contributed by atoms with E-state index in [0.717, 1.165) is 17.5 Å². The lowest BCUT2D eigenvalue weighted by Gasteiger charge is -2.10. The van der Waals surface area contributed by atoms with E-state index < -0.39 is 5.97 Å². The zero-order valence-corrected chi connectivity index (χ0v) is 12.2. The van der Waals surface area contributed by atoms with Gasteiger partial charge in [-0.3, -0.25) is 4.79 Å². The lowest BCUT2D eigenvalue weighted by atomic mass is 10.1. The van der Waals surface area contributed by atoms with Crippen LogP contribution in [0.4, 0.5) is 0 Å². The third-order valence-electron chi connectivity index (χ3n) is 2.82. The molecule has 4 heteroatoms. The zero-order valence-electron chi connectivity index (χ0n) is 12.2. The topological polar surface area (TPSA) is 55.4 Å². The molecule has 1 aromatic rings. The molecule has 1 N–H and O–H groups in total. The molecule has 0 aromatic heterocycles. The lowest BCUT2D eigenvalue weighted by Crippen LogP contribution is -2.35. The summed E-state index contributed by atoms with van der Waals surface area (Å²) in [5.74, 6) is -0.803.